The lowest BCUT2D eigenvalue weighted by Crippen LogP contribution is -2.39. The zero-order chi connectivity index (χ0) is 16.2. The highest BCUT2D eigenvalue weighted by Gasteiger charge is 2.26. The van der Waals surface area contributed by atoms with Gasteiger partial charge >= 0.3 is 5.97 Å². The number of ether oxygens (including phenoxy) is 3. The first-order valence-electron chi connectivity index (χ1n) is 5.78. The number of nitrogens with one attached hydrogen (secondary N) is 1. The van der Waals surface area contributed by atoms with E-state index in [9.17, 15) is 13.2 Å². The summed E-state index contributed by atoms with van der Waals surface area (Å²) in [6, 6.07) is 1.76. The molecule has 0 spiro atoms. The van der Waals surface area contributed by atoms with Crippen molar-refractivity contribution < 1.29 is 27.4 Å². The minimum absolute atomic E-state index is 0.0732. The van der Waals surface area contributed by atoms with Crippen molar-refractivity contribution in [1.82, 2.24) is 4.72 Å². The number of hydrogen-bond donors (Lipinski definition) is 1. The molecule has 1 unspecified atom stereocenters. The van der Waals surface area contributed by atoms with Gasteiger partial charge in [0.15, 0.2) is 11.5 Å². The van der Waals surface area contributed by atoms with Gasteiger partial charge in [-0.3, -0.25) is 4.79 Å². The lowest BCUT2D eigenvalue weighted by atomic mass is 10.3. The van der Waals surface area contributed by atoms with E-state index in [1.165, 1.54) is 40.4 Å². The molecule has 0 saturated carbocycles. The summed E-state index contributed by atoms with van der Waals surface area (Å²) < 4.78 is 41.8. The van der Waals surface area contributed by atoms with E-state index in [1.807, 2.05) is 0 Å². The summed E-state index contributed by atoms with van der Waals surface area (Å²) in [7, 11) is 0.0799. The van der Waals surface area contributed by atoms with Crippen molar-refractivity contribution in [3.8, 4) is 11.5 Å². The number of carbonyl (C=O) groups excluding carboxylic acids is 1. The first-order chi connectivity index (χ1) is 9.76. The van der Waals surface area contributed by atoms with Crippen LogP contribution in [0.2, 0.25) is 0 Å². The zero-order valence-electron chi connectivity index (χ0n) is 12.0. The summed E-state index contributed by atoms with van der Waals surface area (Å²) in [4.78, 5) is 11.3. The molecule has 1 aromatic rings. The molecule has 0 fully saturated rings. The predicted octanol–water partition coefficient (Wildman–Crippen LogP) is 1.31. The fourth-order valence-corrected chi connectivity index (χ4v) is 3.79. The minimum atomic E-state index is -3.94. The molecule has 1 aromatic carbocycles. The maximum atomic E-state index is 12.3. The van der Waals surface area contributed by atoms with Crippen LogP contribution in [0, 0.1) is 0 Å². The largest absolute Gasteiger partial charge is 0.493 e. The van der Waals surface area contributed by atoms with Gasteiger partial charge in [-0.05, 0) is 28.9 Å². The van der Waals surface area contributed by atoms with Crippen LogP contribution in [0.15, 0.2) is 21.5 Å². The van der Waals surface area contributed by atoms with Crippen LogP contribution in [0.4, 0.5) is 0 Å². The van der Waals surface area contributed by atoms with E-state index in [4.69, 9.17) is 9.47 Å². The third-order valence-electron chi connectivity index (χ3n) is 2.61. The van der Waals surface area contributed by atoms with Gasteiger partial charge in [-0.1, -0.05) is 0 Å². The predicted molar refractivity (Wildman–Crippen MR) is 79.0 cm³/mol. The molecular formula is C12H16BrNO6S. The molecule has 0 heterocycles. The van der Waals surface area contributed by atoms with Crippen molar-refractivity contribution in [2.45, 2.75) is 17.9 Å². The van der Waals surface area contributed by atoms with Crippen molar-refractivity contribution in [2.75, 3.05) is 21.3 Å². The third-order valence-corrected chi connectivity index (χ3v) is 5.11. The van der Waals surface area contributed by atoms with E-state index < -0.39 is 22.0 Å². The summed E-state index contributed by atoms with van der Waals surface area (Å²) in [5, 5.41) is 0. The van der Waals surface area contributed by atoms with Gasteiger partial charge in [0.2, 0.25) is 10.0 Å². The second-order valence-corrected chi connectivity index (χ2v) is 6.54. The van der Waals surface area contributed by atoms with Crippen molar-refractivity contribution in [1.29, 1.82) is 0 Å². The maximum absolute atomic E-state index is 12.3. The molecule has 1 atom stereocenters. The maximum Gasteiger partial charge on any atom is 0.323 e. The molecule has 7 nitrogen and oxygen atoms in total. The fourth-order valence-electron chi connectivity index (χ4n) is 1.56. The fraction of sp³-hybridized carbons (Fsp3) is 0.417. The third kappa shape index (κ3) is 4.08. The summed E-state index contributed by atoms with van der Waals surface area (Å²) in [6.45, 7) is 1.39. The monoisotopic (exact) mass is 381 g/mol. The van der Waals surface area contributed by atoms with Gasteiger partial charge in [-0.2, -0.15) is 4.72 Å². The van der Waals surface area contributed by atoms with E-state index in [0.717, 1.165) is 0 Å². The molecule has 118 valence electrons. The lowest BCUT2D eigenvalue weighted by Gasteiger charge is -2.15. The number of carbonyl (C=O) groups is 1. The van der Waals surface area contributed by atoms with Crippen LogP contribution in [0.5, 0.6) is 11.5 Å². The Morgan fingerprint density at radius 1 is 1.19 bits per heavy atom. The van der Waals surface area contributed by atoms with Crippen molar-refractivity contribution in [2.24, 2.45) is 0 Å². The van der Waals surface area contributed by atoms with Crippen LogP contribution < -0.4 is 14.2 Å². The van der Waals surface area contributed by atoms with Crippen LogP contribution in [-0.2, 0) is 19.6 Å². The molecule has 0 amide bonds. The molecule has 0 aliphatic heterocycles. The van der Waals surface area contributed by atoms with Crippen LogP contribution in [0.1, 0.15) is 6.92 Å². The Bertz CT molecular complexity index is 631. The van der Waals surface area contributed by atoms with E-state index in [1.54, 1.807) is 0 Å². The van der Waals surface area contributed by atoms with Gasteiger partial charge in [-0.25, -0.2) is 8.42 Å². The normalized spacial score (nSPS) is 12.6. The van der Waals surface area contributed by atoms with E-state index in [0.29, 0.717) is 5.75 Å². The summed E-state index contributed by atoms with van der Waals surface area (Å²) in [5.41, 5.74) is 0. The topological polar surface area (TPSA) is 90.9 Å². The molecule has 21 heavy (non-hydrogen) atoms. The Morgan fingerprint density at radius 3 is 2.19 bits per heavy atom. The van der Waals surface area contributed by atoms with Crippen LogP contribution in [0.3, 0.4) is 0 Å². The van der Waals surface area contributed by atoms with Crippen LogP contribution >= 0.6 is 15.9 Å². The number of sulfonamides is 1. The lowest BCUT2D eigenvalue weighted by molar-refractivity contribution is -0.142. The summed E-state index contributed by atoms with van der Waals surface area (Å²) in [5.74, 6) is -0.0497. The minimum Gasteiger partial charge on any atom is -0.493 e. The highest BCUT2D eigenvalue weighted by molar-refractivity contribution is 9.10. The quantitative estimate of drug-likeness (QED) is 0.746. The number of esters is 1. The van der Waals surface area contributed by atoms with Crippen LogP contribution in [0.25, 0.3) is 0 Å². The number of halogens is 1. The SMILES string of the molecule is COC(=O)C(C)NS(=O)(=O)c1cc(OC)c(OC)cc1Br. The van der Waals surface area contributed by atoms with Gasteiger partial charge in [0.1, 0.15) is 10.9 Å². The number of hydrogen-bond acceptors (Lipinski definition) is 6. The highest BCUT2D eigenvalue weighted by Crippen LogP contribution is 2.35. The number of rotatable bonds is 6. The first kappa shape index (κ1) is 17.7. The van der Waals surface area contributed by atoms with Crippen LogP contribution in [-0.4, -0.2) is 41.8 Å². The first-order valence-corrected chi connectivity index (χ1v) is 8.06. The summed E-state index contributed by atoms with van der Waals surface area (Å²) in [6.07, 6.45) is 0. The number of benzene rings is 1. The van der Waals surface area contributed by atoms with Gasteiger partial charge in [0, 0.05) is 10.5 Å². The van der Waals surface area contributed by atoms with Crippen molar-refractivity contribution >= 4 is 31.9 Å². The van der Waals surface area contributed by atoms with Gasteiger partial charge in [-0.15, -0.1) is 0 Å². The molecule has 1 N–H and O–H groups in total. The molecule has 0 aliphatic carbocycles. The van der Waals surface area contributed by atoms with Gasteiger partial charge in [0.25, 0.3) is 0 Å². The highest BCUT2D eigenvalue weighted by atomic mass is 79.9. The molecule has 0 aliphatic rings. The Balaban J connectivity index is 3.22. The van der Waals surface area contributed by atoms with E-state index in [-0.39, 0.29) is 15.1 Å². The molecule has 0 aromatic heterocycles. The van der Waals surface area contributed by atoms with Crippen molar-refractivity contribution in [3.05, 3.63) is 16.6 Å². The van der Waals surface area contributed by atoms with Crippen molar-refractivity contribution in [3.63, 3.8) is 0 Å². The molecule has 0 radical (unpaired) electrons. The molecular weight excluding hydrogens is 366 g/mol. The Labute approximate surface area is 131 Å². The molecule has 1 rings (SSSR count). The second-order valence-electron chi connectivity index (χ2n) is 4.00. The standard InChI is InChI=1S/C12H16BrNO6S/c1-7(12(15)20-4)14-21(16,17)11-6-10(19-3)9(18-2)5-8(11)13/h5-7,14H,1-4H3. The average molecular weight is 382 g/mol. The summed E-state index contributed by atoms with van der Waals surface area (Å²) >= 11 is 3.16. The van der Waals surface area contributed by atoms with Gasteiger partial charge in [0.05, 0.1) is 21.3 Å². The second kappa shape index (κ2) is 7.10. The number of methoxy groups -OCH3 is 3. The Hall–Kier alpha value is -1.32. The van der Waals surface area contributed by atoms with Gasteiger partial charge < -0.3 is 14.2 Å². The molecule has 0 saturated heterocycles. The smallest absolute Gasteiger partial charge is 0.323 e. The molecule has 0 bridgehead atoms. The zero-order valence-corrected chi connectivity index (χ0v) is 14.4. The average Bonchev–Trinajstić information content (AvgIpc) is 2.44. The van der Waals surface area contributed by atoms with E-state index >= 15 is 0 Å². The molecule has 9 heteroatoms. The van der Waals surface area contributed by atoms with E-state index in [2.05, 4.69) is 25.4 Å². The Kier molecular flexibility index (Phi) is 5.99. The Morgan fingerprint density at radius 2 is 1.71 bits per heavy atom.